The van der Waals surface area contributed by atoms with Crippen molar-refractivity contribution in [3.05, 3.63) is 105 Å². The van der Waals surface area contributed by atoms with E-state index in [0.29, 0.717) is 54.4 Å². The fourth-order valence-electron chi connectivity index (χ4n) is 6.53. The number of hydrogen-bond donors (Lipinski definition) is 3. The van der Waals surface area contributed by atoms with E-state index >= 15 is 0 Å². The Kier molecular flexibility index (Phi) is 9.33. The van der Waals surface area contributed by atoms with Gasteiger partial charge in [0.1, 0.15) is 11.6 Å². The summed E-state index contributed by atoms with van der Waals surface area (Å²) < 4.78 is 20.0. The van der Waals surface area contributed by atoms with Crippen molar-refractivity contribution >= 4 is 33.5 Å². The number of hydrogen-bond acceptors (Lipinski definition) is 4. The fraction of sp³-hybridized carbons (Fsp3) is 0.371. The molecular formula is C35H37BrFN3O4. The van der Waals surface area contributed by atoms with Crippen molar-refractivity contribution in [1.29, 1.82) is 0 Å². The molecule has 3 aromatic rings. The summed E-state index contributed by atoms with van der Waals surface area (Å²) in [6, 6.07) is 20.2. The van der Waals surface area contributed by atoms with Gasteiger partial charge in [-0.1, -0.05) is 48.5 Å². The molecule has 3 N–H and O–H groups in total. The maximum Gasteiger partial charge on any atom is 0.408 e. The second-order valence-corrected chi connectivity index (χ2v) is 12.7. The highest BCUT2D eigenvalue weighted by atomic mass is 79.9. The molecule has 7 nitrogen and oxygen atoms in total. The minimum Gasteiger partial charge on any atom is -0.492 e. The van der Waals surface area contributed by atoms with E-state index in [0.717, 1.165) is 36.0 Å². The highest BCUT2D eigenvalue weighted by Crippen LogP contribution is 2.42. The molecule has 0 spiro atoms. The topological polar surface area (TPSA) is 90.9 Å². The molecule has 1 saturated carbocycles. The Labute approximate surface area is 265 Å². The molecule has 2 atom stereocenters. The van der Waals surface area contributed by atoms with Crippen LogP contribution in [0.3, 0.4) is 0 Å². The number of carbonyl (C=O) groups excluding carboxylic acids is 1. The number of aryl methyl sites for hydroxylation is 1. The van der Waals surface area contributed by atoms with Gasteiger partial charge in [-0.3, -0.25) is 9.69 Å². The Balaban J connectivity index is 1.16. The number of halogens is 2. The van der Waals surface area contributed by atoms with Crippen LogP contribution in [-0.2, 0) is 17.6 Å². The van der Waals surface area contributed by atoms with E-state index in [1.54, 1.807) is 6.07 Å². The SMILES string of the molecule is O=C(NCCc1ccccc1C1CC1)C1=C(c2ccc(CCCOc3cc(F)ccc3Br)cc2)CC2CNCC1N2C(=O)O. The summed E-state index contributed by atoms with van der Waals surface area (Å²) in [5.74, 6) is 0.578. The van der Waals surface area contributed by atoms with Gasteiger partial charge in [0.2, 0.25) is 5.91 Å². The van der Waals surface area contributed by atoms with E-state index in [4.69, 9.17) is 4.74 Å². The van der Waals surface area contributed by atoms with Gasteiger partial charge >= 0.3 is 6.09 Å². The van der Waals surface area contributed by atoms with Gasteiger partial charge in [-0.05, 0) is 100 Å². The summed E-state index contributed by atoms with van der Waals surface area (Å²) >= 11 is 3.39. The molecule has 2 fully saturated rings. The van der Waals surface area contributed by atoms with Gasteiger partial charge in [-0.2, -0.15) is 0 Å². The molecule has 0 aromatic heterocycles. The zero-order chi connectivity index (χ0) is 30.6. The Bertz CT molecular complexity index is 1560. The molecule has 3 aliphatic rings. The first-order valence-electron chi connectivity index (χ1n) is 15.4. The van der Waals surface area contributed by atoms with Crippen LogP contribution in [0.15, 0.2) is 76.8 Å². The Morgan fingerprint density at radius 3 is 2.61 bits per heavy atom. The van der Waals surface area contributed by atoms with Gasteiger partial charge < -0.3 is 20.5 Å². The van der Waals surface area contributed by atoms with Crippen molar-refractivity contribution in [1.82, 2.24) is 15.5 Å². The molecule has 2 amide bonds. The van der Waals surface area contributed by atoms with Crippen molar-refractivity contribution in [2.24, 2.45) is 0 Å². The van der Waals surface area contributed by atoms with E-state index in [1.165, 1.54) is 41.0 Å². The molecule has 0 radical (unpaired) electrons. The lowest BCUT2D eigenvalue weighted by atomic mass is 9.82. The first-order chi connectivity index (χ1) is 21.4. The van der Waals surface area contributed by atoms with E-state index in [2.05, 4.69) is 56.9 Å². The van der Waals surface area contributed by atoms with Crippen molar-refractivity contribution in [2.75, 3.05) is 26.2 Å². The number of nitrogens with zero attached hydrogens (tertiary/aromatic N) is 1. The van der Waals surface area contributed by atoms with Gasteiger partial charge in [0.05, 0.1) is 23.2 Å². The van der Waals surface area contributed by atoms with Gasteiger partial charge in [-0.15, -0.1) is 0 Å². The Hall–Kier alpha value is -3.69. The molecule has 44 heavy (non-hydrogen) atoms. The van der Waals surface area contributed by atoms with Crippen molar-refractivity contribution in [3.8, 4) is 5.75 Å². The van der Waals surface area contributed by atoms with Gasteiger partial charge in [0.15, 0.2) is 0 Å². The second-order valence-electron chi connectivity index (χ2n) is 11.8. The summed E-state index contributed by atoms with van der Waals surface area (Å²) in [5.41, 5.74) is 6.17. The Morgan fingerprint density at radius 1 is 1.05 bits per heavy atom. The molecule has 6 rings (SSSR count). The third-order valence-corrected chi connectivity index (χ3v) is 9.48. The molecule has 2 unspecified atom stereocenters. The van der Waals surface area contributed by atoms with Crippen molar-refractivity contribution < 1.29 is 23.8 Å². The maximum absolute atomic E-state index is 13.8. The van der Waals surface area contributed by atoms with E-state index in [9.17, 15) is 19.1 Å². The quantitative estimate of drug-likeness (QED) is 0.210. The number of benzene rings is 3. The standard InChI is InChI=1S/C35H37BrFN3O4/c36-30-14-13-26(37)18-32(30)44-17-3-4-22-7-9-25(10-8-22)29-19-27-20-38-21-31(40(27)35(42)43)33(29)34(41)39-16-15-23-5-1-2-6-28(23)24-11-12-24/h1-2,5-10,13-14,18,24,27,31,38H,3-4,11-12,15-17,19-21H2,(H,39,41)(H,42,43). The minimum atomic E-state index is -0.993. The number of carbonyl (C=O) groups is 2. The van der Waals surface area contributed by atoms with Crippen molar-refractivity contribution in [2.45, 2.75) is 56.5 Å². The van der Waals surface area contributed by atoms with E-state index in [1.807, 2.05) is 18.2 Å². The summed E-state index contributed by atoms with van der Waals surface area (Å²) in [5, 5.41) is 16.5. The number of carboxylic acid groups (broad SMARTS) is 1. The lowest BCUT2D eigenvalue weighted by Gasteiger charge is -2.46. The lowest BCUT2D eigenvalue weighted by Crippen LogP contribution is -2.63. The van der Waals surface area contributed by atoms with Gasteiger partial charge in [-0.25, -0.2) is 9.18 Å². The van der Waals surface area contributed by atoms with Gasteiger partial charge in [0.25, 0.3) is 0 Å². The van der Waals surface area contributed by atoms with Crippen LogP contribution in [0.1, 0.15) is 53.9 Å². The maximum atomic E-state index is 13.8. The second kappa shape index (κ2) is 13.5. The third kappa shape index (κ3) is 6.84. The Morgan fingerprint density at radius 2 is 1.84 bits per heavy atom. The first kappa shape index (κ1) is 30.3. The fourth-order valence-corrected chi connectivity index (χ4v) is 6.89. The molecule has 2 heterocycles. The zero-order valence-electron chi connectivity index (χ0n) is 24.5. The van der Waals surface area contributed by atoms with E-state index < -0.39 is 12.1 Å². The summed E-state index contributed by atoms with van der Waals surface area (Å²) in [7, 11) is 0. The van der Waals surface area contributed by atoms with Crippen LogP contribution < -0.4 is 15.4 Å². The number of rotatable bonds is 11. The van der Waals surface area contributed by atoms with Crippen LogP contribution >= 0.6 is 15.9 Å². The molecule has 3 aromatic carbocycles. The number of amides is 2. The predicted octanol–water partition coefficient (Wildman–Crippen LogP) is 6.31. The largest absolute Gasteiger partial charge is 0.492 e. The normalized spacial score (nSPS) is 19.5. The lowest BCUT2D eigenvalue weighted by molar-refractivity contribution is -0.118. The van der Waals surface area contributed by atoms with Gasteiger partial charge in [0, 0.05) is 31.3 Å². The summed E-state index contributed by atoms with van der Waals surface area (Å²) in [6.07, 6.45) is 4.20. The van der Waals surface area contributed by atoms with Crippen LogP contribution in [-0.4, -0.2) is 60.3 Å². The smallest absolute Gasteiger partial charge is 0.408 e. The average Bonchev–Trinajstić information content (AvgIpc) is 3.86. The molecule has 1 aliphatic carbocycles. The minimum absolute atomic E-state index is 0.202. The number of ether oxygens (including phenoxy) is 1. The molecule has 2 bridgehead atoms. The summed E-state index contributed by atoms with van der Waals surface area (Å²) in [4.78, 5) is 27.6. The van der Waals surface area contributed by atoms with Crippen LogP contribution in [0, 0.1) is 5.82 Å². The third-order valence-electron chi connectivity index (χ3n) is 8.83. The van der Waals surface area contributed by atoms with Crippen LogP contribution in [0.25, 0.3) is 5.57 Å². The highest BCUT2D eigenvalue weighted by Gasteiger charge is 2.44. The molecule has 9 heteroatoms. The number of fused-ring (bicyclic) bond motifs is 2. The van der Waals surface area contributed by atoms with E-state index in [-0.39, 0.29) is 17.8 Å². The highest BCUT2D eigenvalue weighted by molar-refractivity contribution is 9.10. The predicted molar refractivity (Wildman–Crippen MR) is 171 cm³/mol. The molecule has 2 aliphatic heterocycles. The molecular weight excluding hydrogens is 625 g/mol. The van der Waals surface area contributed by atoms with Crippen LogP contribution in [0.5, 0.6) is 5.75 Å². The summed E-state index contributed by atoms with van der Waals surface area (Å²) in [6.45, 7) is 1.90. The zero-order valence-corrected chi connectivity index (χ0v) is 26.1. The first-order valence-corrected chi connectivity index (χ1v) is 16.2. The molecule has 1 saturated heterocycles. The van der Waals surface area contributed by atoms with Crippen molar-refractivity contribution in [3.63, 3.8) is 0 Å². The van der Waals surface area contributed by atoms with Crippen LogP contribution in [0.4, 0.5) is 9.18 Å². The monoisotopic (exact) mass is 661 g/mol. The molecule has 230 valence electrons. The number of piperazine rings is 1. The number of nitrogens with one attached hydrogen (secondary N) is 2. The average molecular weight is 663 g/mol. The van der Waals surface area contributed by atoms with Crippen LogP contribution in [0.2, 0.25) is 0 Å².